The Labute approximate surface area is 117 Å². The molecule has 0 spiro atoms. The molecule has 0 radical (unpaired) electrons. The number of carbonyl (C=O) groups is 1. The first kappa shape index (κ1) is 13.4. The van der Waals surface area contributed by atoms with Crippen molar-refractivity contribution in [3.05, 3.63) is 11.6 Å². The first-order chi connectivity index (χ1) is 8.99. The van der Waals surface area contributed by atoms with E-state index in [2.05, 4.69) is 26.8 Å². The lowest BCUT2D eigenvalue weighted by atomic mass is 9.49. The van der Waals surface area contributed by atoms with Crippen LogP contribution in [0.15, 0.2) is 11.6 Å². The maximum absolute atomic E-state index is 11.5. The molecule has 3 aliphatic carbocycles. The van der Waals surface area contributed by atoms with Crippen LogP contribution in [0.25, 0.3) is 0 Å². The topological polar surface area (TPSA) is 17.1 Å². The van der Waals surface area contributed by atoms with Crippen molar-refractivity contribution >= 4 is 6.29 Å². The SMILES string of the molecule is CC1(C)CCCC2C3=CCCC(C=O)C3(C)CCC21. The average molecular weight is 260 g/mol. The highest BCUT2D eigenvalue weighted by Crippen LogP contribution is 2.60. The Kier molecular flexibility index (Phi) is 3.15. The second-order valence-electron chi connectivity index (χ2n) is 8.03. The smallest absolute Gasteiger partial charge is 0.123 e. The zero-order chi connectivity index (χ0) is 13.7. The van der Waals surface area contributed by atoms with E-state index in [0.29, 0.717) is 5.41 Å². The largest absolute Gasteiger partial charge is 0.303 e. The predicted molar refractivity (Wildman–Crippen MR) is 78.8 cm³/mol. The fourth-order valence-electron chi connectivity index (χ4n) is 5.44. The van der Waals surface area contributed by atoms with Crippen LogP contribution < -0.4 is 0 Å². The minimum atomic E-state index is 0.189. The van der Waals surface area contributed by atoms with Crippen LogP contribution in [-0.4, -0.2) is 6.29 Å². The Hall–Kier alpha value is -0.590. The maximum Gasteiger partial charge on any atom is 0.123 e. The monoisotopic (exact) mass is 260 g/mol. The fourth-order valence-corrected chi connectivity index (χ4v) is 5.44. The third-order valence-electron chi connectivity index (χ3n) is 6.68. The summed E-state index contributed by atoms with van der Waals surface area (Å²) in [7, 11) is 0. The first-order valence-corrected chi connectivity index (χ1v) is 8.15. The van der Waals surface area contributed by atoms with E-state index in [9.17, 15) is 4.79 Å². The van der Waals surface area contributed by atoms with Gasteiger partial charge in [0.25, 0.3) is 0 Å². The Morgan fingerprint density at radius 3 is 2.68 bits per heavy atom. The minimum absolute atomic E-state index is 0.189. The molecule has 1 nitrogen and oxygen atoms in total. The maximum atomic E-state index is 11.5. The van der Waals surface area contributed by atoms with Gasteiger partial charge >= 0.3 is 0 Å². The van der Waals surface area contributed by atoms with Crippen molar-refractivity contribution < 1.29 is 4.79 Å². The highest BCUT2D eigenvalue weighted by molar-refractivity contribution is 5.57. The molecule has 1 heteroatoms. The van der Waals surface area contributed by atoms with Crippen molar-refractivity contribution in [2.45, 2.75) is 65.7 Å². The van der Waals surface area contributed by atoms with Gasteiger partial charge in [-0.05, 0) is 61.2 Å². The lowest BCUT2D eigenvalue weighted by Gasteiger charge is -2.56. The van der Waals surface area contributed by atoms with E-state index in [0.717, 1.165) is 24.7 Å². The summed E-state index contributed by atoms with van der Waals surface area (Å²) in [5.74, 6) is 1.90. The lowest BCUT2D eigenvalue weighted by Crippen LogP contribution is -2.47. The van der Waals surface area contributed by atoms with Crippen LogP contribution in [0.1, 0.15) is 65.7 Å². The third-order valence-corrected chi connectivity index (χ3v) is 6.68. The zero-order valence-electron chi connectivity index (χ0n) is 12.7. The van der Waals surface area contributed by atoms with Crippen LogP contribution in [0.3, 0.4) is 0 Å². The molecule has 0 aromatic heterocycles. The van der Waals surface area contributed by atoms with Gasteiger partial charge in [0.2, 0.25) is 0 Å². The molecule has 4 unspecified atom stereocenters. The van der Waals surface area contributed by atoms with Crippen molar-refractivity contribution in [1.82, 2.24) is 0 Å². The van der Waals surface area contributed by atoms with Crippen LogP contribution in [0.4, 0.5) is 0 Å². The predicted octanol–water partition coefficient (Wildman–Crippen LogP) is 4.76. The molecule has 0 heterocycles. The molecule has 2 saturated carbocycles. The van der Waals surface area contributed by atoms with E-state index in [4.69, 9.17) is 0 Å². The summed E-state index contributed by atoms with van der Waals surface area (Å²) >= 11 is 0. The summed E-state index contributed by atoms with van der Waals surface area (Å²) in [6, 6.07) is 0. The number of hydrogen-bond donors (Lipinski definition) is 0. The second kappa shape index (κ2) is 4.46. The van der Waals surface area contributed by atoms with Gasteiger partial charge in [0.15, 0.2) is 0 Å². The molecule has 2 fully saturated rings. The van der Waals surface area contributed by atoms with Crippen molar-refractivity contribution in [2.24, 2.45) is 28.6 Å². The van der Waals surface area contributed by atoms with Gasteiger partial charge in [-0.15, -0.1) is 0 Å². The second-order valence-corrected chi connectivity index (χ2v) is 8.03. The molecule has 0 aromatic rings. The van der Waals surface area contributed by atoms with Crippen molar-refractivity contribution in [2.75, 3.05) is 0 Å². The van der Waals surface area contributed by atoms with Gasteiger partial charge in [-0.3, -0.25) is 0 Å². The molecular formula is C18H28O. The number of carbonyl (C=O) groups excluding carboxylic acids is 1. The quantitative estimate of drug-likeness (QED) is 0.490. The van der Waals surface area contributed by atoms with Crippen LogP contribution in [0.5, 0.6) is 0 Å². The Morgan fingerprint density at radius 1 is 1.16 bits per heavy atom. The van der Waals surface area contributed by atoms with Gasteiger partial charge in [-0.2, -0.15) is 0 Å². The zero-order valence-corrected chi connectivity index (χ0v) is 12.7. The third kappa shape index (κ3) is 1.92. The Morgan fingerprint density at radius 2 is 1.95 bits per heavy atom. The average Bonchev–Trinajstić information content (AvgIpc) is 2.36. The van der Waals surface area contributed by atoms with E-state index >= 15 is 0 Å². The van der Waals surface area contributed by atoms with Gasteiger partial charge in [0.05, 0.1) is 0 Å². The van der Waals surface area contributed by atoms with E-state index in [1.165, 1.54) is 38.4 Å². The molecule has 0 saturated heterocycles. The number of aldehydes is 1. The van der Waals surface area contributed by atoms with E-state index in [1.54, 1.807) is 5.57 Å². The lowest BCUT2D eigenvalue weighted by molar-refractivity contribution is -0.115. The van der Waals surface area contributed by atoms with Crippen molar-refractivity contribution in [3.63, 3.8) is 0 Å². The molecule has 0 amide bonds. The summed E-state index contributed by atoms with van der Waals surface area (Å²) in [5, 5.41) is 0. The van der Waals surface area contributed by atoms with Crippen molar-refractivity contribution in [3.8, 4) is 0 Å². The van der Waals surface area contributed by atoms with Gasteiger partial charge in [0.1, 0.15) is 6.29 Å². The van der Waals surface area contributed by atoms with E-state index in [-0.39, 0.29) is 11.3 Å². The standard InChI is InChI=1S/C18H28O/c1-17(2)10-5-7-14-15(17)9-11-18(3)13(12-19)6-4-8-16(14)18/h8,12-15H,4-7,9-11H2,1-3H3. The summed E-state index contributed by atoms with van der Waals surface area (Å²) in [6.45, 7) is 7.30. The number of hydrogen-bond acceptors (Lipinski definition) is 1. The highest BCUT2D eigenvalue weighted by Gasteiger charge is 2.51. The van der Waals surface area contributed by atoms with Gasteiger partial charge < -0.3 is 4.79 Å². The van der Waals surface area contributed by atoms with Gasteiger partial charge in [-0.25, -0.2) is 0 Å². The fraction of sp³-hybridized carbons (Fsp3) is 0.833. The van der Waals surface area contributed by atoms with Gasteiger partial charge in [-0.1, -0.05) is 38.8 Å². The van der Waals surface area contributed by atoms with Crippen LogP contribution >= 0.6 is 0 Å². The van der Waals surface area contributed by atoms with Crippen molar-refractivity contribution in [1.29, 1.82) is 0 Å². The normalized spacial score (nSPS) is 44.8. The Balaban J connectivity index is 1.97. The summed E-state index contributed by atoms with van der Waals surface area (Å²) in [5.41, 5.74) is 2.35. The van der Waals surface area contributed by atoms with Crippen LogP contribution in [0, 0.1) is 28.6 Å². The first-order valence-electron chi connectivity index (χ1n) is 8.15. The molecule has 19 heavy (non-hydrogen) atoms. The summed E-state index contributed by atoms with van der Waals surface area (Å²) < 4.78 is 0. The summed E-state index contributed by atoms with van der Waals surface area (Å²) in [6.07, 6.45) is 12.6. The number of allylic oxidation sites excluding steroid dienone is 2. The molecule has 3 rings (SSSR count). The van der Waals surface area contributed by atoms with Gasteiger partial charge in [0, 0.05) is 5.92 Å². The molecular weight excluding hydrogens is 232 g/mol. The minimum Gasteiger partial charge on any atom is -0.303 e. The molecule has 0 N–H and O–H groups in total. The molecule has 3 aliphatic rings. The molecule has 106 valence electrons. The molecule has 0 aromatic carbocycles. The molecule has 0 aliphatic heterocycles. The highest BCUT2D eigenvalue weighted by atomic mass is 16.1. The Bertz CT molecular complexity index is 406. The molecule has 4 atom stereocenters. The van der Waals surface area contributed by atoms with Crippen LogP contribution in [0.2, 0.25) is 0 Å². The summed E-state index contributed by atoms with van der Waals surface area (Å²) in [4.78, 5) is 11.5. The van der Waals surface area contributed by atoms with Crippen LogP contribution in [-0.2, 0) is 4.79 Å². The van der Waals surface area contributed by atoms with E-state index in [1.807, 2.05) is 0 Å². The molecule has 0 bridgehead atoms. The van der Waals surface area contributed by atoms with E-state index < -0.39 is 0 Å². The number of rotatable bonds is 1. The number of fused-ring (bicyclic) bond motifs is 3.